The quantitative estimate of drug-likeness (QED) is 0.767. The van der Waals surface area contributed by atoms with Crippen molar-refractivity contribution < 1.29 is 4.39 Å². The van der Waals surface area contributed by atoms with Crippen molar-refractivity contribution in [1.29, 1.82) is 0 Å². The molecule has 0 aliphatic rings. The average Bonchev–Trinajstić information content (AvgIpc) is 2.13. The number of nitrogens with one attached hydrogen (secondary N) is 2. The van der Waals surface area contributed by atoms with E-state index in [9.17, 15) is 4.39 Å². The number of benzene rings is 1. The van der Waals surface area contributed by atoms with Gasteiger partial charge in [-0.15, -0.1) is 0 Å². The molecule has 1 rings (SSSR count). The van der Waals surface area contributed by atoms with Crippen LogP contribution in [-0.4, -0.2) is 11.7 Å². The third-order valence-electron chi connectivity index (χ3n) is 1.54. The monoisotopic (exact) mass is 232 g/mol. The van der Waals surface area contributed by atoms with E-state index < -0.39 is 5.82 Å². The van der Waals surface area contributed by atoms with Gasteiger partial charge in [0.25, 0.3) is 0 Å². The van der Waals surface area contributed by atoms with E-state index in [0.29, 0.717) is 11.7 Å². The van der Waals surface area contributed by atoms with Crippen molar-refractivity contribution >= 4 is 34.6 Å². The second-order valence-electron chi connectivity index (χ2n) is 2.59. The lowest BCUT2D eigenvalue weighted by Gasteiger charge is -2.09. The summed E-state index contributed by atoms with van der Waals surface area (Å²) in [5.74, 6) is -0.491. The summed E-state index contributed by atoms with van der Waals surface area (Å²) in [6.45, 7) is 2.59. The van der Waals surface area contributed by atoms with Gasteiger partial charge in [0, 0.05) is 6.54 Å². The largest absolute Gasteiger partial charge is 0.363 e. The molecule has 0 aliphatic heterocycles. The molecule has 0 saturated carbocycles. The lowest BCUT2D eigenvalue weighted by molar-refractivity contribution is 0.632. The fourth-order valence-electron chi connectivity index (χ4n) is 0.927. The number of rotatable bonds is 2. The Morgan fingerprint density at radius 3 is 2.93 bits per heavy atom. The van der Waals surface area contributed by atoms with E-state index in [4.69, 9.17) is 23.8 Å². The van der Waals surface area contributed by atoms with Gasteiger partial charge in [0.05, 0.1) is 10.7 Å². The molecule has 2 nitrogen and oxygen atoms in total. The van der Waals surface area contributed by atoms with Crippen molar-refractivity contribution in [3.8, 4) is 0 Å². The van der Waals surface area contributed by atoms with E-state index in [1.54, 1.807) is 12.1 Å². The minimum absolute atomic E-state index is 0.0781. The summed E-state index contributed by atoms with van der Waals surface area (Å²) in [6, 6.07) is 4.71. The van der Waals surface area contributed by atoms with Crippen LogP contribution in [0, 0.1) is 5.82 Å². The second kappa shape index (κ2) is 5.12. The highest BCUT2D eigenvalue weighted by molar-refractivity contribution is 7.80. The molecule has 0 radical (unpaired) electrons. The zero-order chi connectivity index (χ0) is 10.6. The van der Waals surface area contributed by atoms with Crippen LogP contribution in [0.3, 0.4) is 0 Å². The molecule has 1 aromatic rings. The summed E-state index contributed by atoms with van der Waals surface area (Å²) in [5, 5.41) is 6.03. The molecule has 0 fully saturated rings. The Kier molecular flexibility index (Phi) is 4.10. The van der Waals surface area contributed by atoms with Crippen LogP contribution in [0.4, 0.5) is 10.1 Å². The van der Waals surface area contributed by atoms with E-state index in [1.807, 2.05) is 6.92 Å². The Morgan fingerprint density at radius 2 is 2.29 bits per heavy atom. The lowest BCUT2D eigenvalue weighted by atomic mass is 10.3. The van der Waals surface area contributed by atoms with E-state index >= 15 is 0 Å². The fourth-order valence-corrected chi connectivity index (χ4v) is 1.36. The number of halogens is 2. The fraction of sp³-hybridized carbons (Fsp3) is 0.222. The van der Waals surface area contributed by atoms with E-state index in [0.717, 1.165) is 0 Å². The van der Waals surface area contributed by atoms with Crippen molar-refractivity contribution in [1.82, 2.24) is 5.32 Å². The number of hydrogen-bond donors (Lipinski definition) is 2. The molecule has 2 N–H and O–H groups in total. The Balaban J connectivity index is 2.76. The third-order valence-corrected chi connectivity index (χ3v) is 2.08. The van der Waals surface area contributed by atoms with Crippen LogP contribution in [0.2, 0.25) is 5.02 Å². The van der Waals surface area contributed by atoms with Crippen molar-refractivity contribution in [2.75, 3.05) is 11.9 Å². The maximum atomic E-state index is 13.3. The molecule has 76 valence electrons. The molecular weight excluding hydrogens is 223 g/mol. The van der Waals surface area contributed by atoms with Gasteiger partial charge in [0.15, 0.2) is 10.9 Å². The van der Waals surface area contributed by atoms with E-state index in [-0.39, 0.29) is 10.7 Å². The molecule has 0 amide bonds. The van der Waals surface area contributed by atoms with E-state index in [2.05, 4.69) is 10.6 Å². The zero-order valence-corrected chi connectivity index (χ0v) is 9.18. The molecule has 5 heteroatoms. The van der Waals surface area contributed by atoms with Crippen LogP contribution < -0.4 is 10.6 Å². The molecule has 0 spiro atoms. The second-order valence-corrected chi connectivity index (χ2v) is 3.40. The van der Waals surface area contributed by atoms with Crippen molar-refractivity contribution in [2.45, 2.75) is 6.92 Å². The van der Waals surface area contributed by atoms with Gasteiger partial charge in [0.2, 0.25) is 0 Å². The molecule has 0 unspecified atom stereocenters. The highest BCUT2D eigenvalue weighted by Gasteiger charge is 2.06. The molecule has 0 heterocycles. The van der Waals surface area contributed by atoms with Gasteiger partial charge in [-0.3, -0.25) is 0 Å². The normalized spacial score (nSPS) is 9.64. The van der Waals surface area contributed by atoms with Crippen LogP contribution in [0.5, 0.6) is 0 Å². The van der Waals surface area contributed by atoms with Gasteiger partial charge < -0.3 is 10.6 Å². The lowest BCUT2D eigenvalue weighted by Crippen LogP contribution is -2.28. The van der Waals surface area contributed by atoms with Gasteiger partial charge >= 0.3 is 0 Å². The first-order valence-corrected chi connectivity index (χ1v) is 4.92. The highest BCUT2D eigenvalue weighted by Crippen LogP contribution is 2.21. The summed E-state index contributed by atoms with van der Waals surface area (Å²) >= 11 is 10.5. The summed E-state index contributed by atoms with van der Waals surface area (Å²) in [7, 11) is 0. The first-order valence-electron chi connectivity index (χ1n) is 4.14. The van der Waals surface area contributed by atoms with Crippen LogP contribution >= 0.6 is 23.8 Å². The number of thiocarbonyl (C=S) groups is 1. The first-order chi connectivity index (χ1) is 6.65. The van der Waals surface area contributed by atoms with Crippen molar-refractivity contribution in [2.24, 2.45) is 0 Å². The van der Waals surface area contributed by atoms with Gasteiger partial charge in [-0.05, 0) is 31.3 Å². The number of anilines is 1. The predicted molar refractivity (Wildman–Crippen MR) is 61.3 cm³/mol. The molecule has 0 aromatic heterocycles. The van der Waals surface area contributed by atoms with Gasteiger partial charge in [-0.25, -0.2) is 4.39 Å². The predicted octanol–water partition coefficient (Wildman–Crippen LogP) is 2.79. The Labute approximate surface area is 92.5 Å². The molecule has 0 bridgehead atoms. The molecule has 0 aliphatic carbocycles. The first kappa shape index (κ1) is 11.2. The molecule has 1 aromatic carbocycles. The average molecular weight is 233 g/mol. The zero-order valence-electron chi connectivity index (χ0n) is 7.60. The van der Waals surface area contributed by atoms with Gasteiger partial charge in [0.1, 0.15) is 0 Å². The molecular formula is C9H10ClFN2S. The van der Waals surface area contributed by atoms with Crippen LogP contribution in [0.25, 0.3) is 0 Å². The van der Waals surface area contributed by atoms with Crippen LogP contribution in [-0.2, 0) is 0 Å². The molecule has 0 atom stereocenters. The van der Waals surface area contributed by atoms with Crippen molar-refractivity contribution in [3.05, 3.63) is 29.0 Å². The minimum atomic E-state index is -0.491. The van der Waals surface area contributed by atoms with Crippen LogP contribution in [0.15, 0.2) is 18.2 Å². The summed E-state index contributed by atoms with van der Waals surface area (Å²) in [4.78, 5) is 0. The molecule has 0 saturated heterocycles. The van der Waals surface area contributed by atoms with E-state index in [1.165, 1.54) is 6.07 Å². The highest BCUT2D eigenvalue weighted by atomic mass is 35.5. The molecule has 14 heavy (non-hydrogen) atoms. The maximum Gasteiger partial charge on any atom is 0.170 e. The Morgan fingerprint density at radius 1 is 1.57 bits per heavy atom. The standard InChI is InChI=1S/C9H10ClFN2S/c1-2-12-9(14)13-7-5-3-4-6(10)8(7)11/h3-5H,2H2,1H3,(H2,12,13,14). The van der Waals surface area contributed by atoms with Gasteiger partial charge in [-0.2, -0.15) is 0 Å². The van der Waals surface area contributed by atoms with Crippen LogP contribution in [0.1, 0.15) is 6.92 Å². The Hall–Kier alpha value is -0.870. The summed E-state index contributed by atoms with van der Waals surface area (Å²) < 4.78 is 13.3. The van der Waals surface area contributed by atoms with Crippen molar-refractivity contribution in [3.63, 3.8) is 0 Å². The van der Waals surface area contributed by atoms with Gasteiger partial charge in [-0.1, -0.05) is 17.7 Å². The summed E-state index contributed by atoms with van der Waals surface area (Å²) in [6.07, 6.45) is 0. The Bertz CT molecular complexity index is 344. The summed E-state index contributed by atoms with van der Waals surface area (Å²) in [5.41, 5.74) is 0.281. The smallest absolute Gasteiger partial charge is 0.170 e. The minimum Gasteiger partial charge on any atom is -0.363 e. The number of hydrogen-bond acceptors (Lipinski definition) is 1. The topological polar surface area (TPSA) is 24.1 Å². The third kappa shape index (κ3) is 2.82. The SMILES string of the molecule is CCNC(=S)Nc1cccc(Cl)c1F. The maximum absolute atomic E-state index is 13.3.